The van der Waals surface area contributed by atoms with Gasteiger partial charge in [0.2, 0.25) is 0 Å². The van der Waals surface area contributed by atoms with E-state index in [2.05, 4.69) is 143 Å². The molecule has 7 aromatic rings. The number of aryl methyl sites for hydroxylation is 4. The van der Waals surface area contributed by atoms with E-state index >= 15 is 0 Å². The summed E-state index contributed by atoms with van der Waals surface area (Å²) < 4.78 is 0. The Morgan fingerprint density at radius 2 is 0.500 bits per heavy atom. The van der Waals surface area contributed by atoms with Crippen LogP contribution in [0, 0.1) is 0 Å². The summed E-state index contributed by atoms with van der Waals surface area (Å²) in [5.74, 6) is 3.81. The van der Waals surface area contributed by atoms with Crippen LogP contribution in [0.15, 0.2) is 121 Å². The van der Waals surface area contributed by atoms with Crippen molar-refractivity contribution in [1.29, 1.82) is 0 Å². The Bertz CT molecular complexity index is 2060. The number of unbranched alkanes of at least 4 members (excludes halogenated alkanes) is 4. The molecule has 0 radical (unpaired) electrons. The Balaban J connectivity index is 1.30. The summed E-state index contributed by atoms with van der Waals surface area (Å²) in [6.45, 7) is 8.91. The third-order valence-corrected chi connectivity index (χ3v) is 10.8. The van der Waals surface area contributed by atoms with Crippen LogP contribution in [-0.2, 0) is 25.7 Å². The quantitative estimate of drug-likeness (QED) is 0.0866. The van der Waals surface area contributed by atoms with Crippen molar-refractivity contribution in [3.63, 3.8) is 0 Å². The highest BCUT2D eigenvalue weighted by Crippen LogP contribution is 2.30. The van der Waals surface area contributed by atoms with Crippen molar-refractivity contribution in [3.8, 4) is 68.3 Å². The molecule has 294 valence electrons. The molecule has 0 amide bonds. The minimum atomic E-state index is 0.604. The first kappa shape index (κ1) is 40.3. The van der Waals surface area contributed by atoms with Gasteiger partial charge in [0.25, 0.3) is 0 Å². The maximum atomic E-state index is 5.10. The summed E-state index contributed by atoms with van der Waals surface area (Å²) in [5, 5.41) is 0. The average molecular weight is 765 g/mol. The molecule has 6 heteroatoms. The van der Waals surface area contributed by atoms with Crippen LogP contribution in [-0.4, -0.2) is 29.9 Å². The van der Waals surface area contributed by atoms with Crippen molar-refractivity contribution in [2.24, 2.45) is 0 Å². The number of nitrogens with zero attached hydrogens (tertiary/aromatic N) is 6. The summed E-state index contributed by atoms with van der Waals surface area (Å²) in [6, 6.07) is 42.9. The molecule has 6 nitrogen and oxygen atoms in total. The van der Waals surface area contributed by atoms with Gasteiger partial charge >= 0.3 is 0 Å². The largest absolute Gasteiger partial charge is 0.208 e. The maximum Gasteiger partial charge on any atom is 0.164 e. The molecule has 0 saturated heterocycles. The lowest BCUT2D eigenvalue weighted by Gasteiger charge is -2.11. The van der Waals surface area contributed by atoms with E-state index in [1.54, 1.807) is 0 Å². The molecular weight excluding hydrogens is 709 g/mol. The second kappa shape index (κ2) is 20.0. The Labute approximate surface area is 345 Å². The zero-order valence-corrected chi connectivity index (χ0v) is 34.7. The number of hydrogen-bond acceptors (Lipinski definition) is 6. The van der Waals surface area contributed by atoms with Crippen molar-refractivity contribution < 1.29 is 0 Å². The summed E-state index contributed by atoms with van der Waals surface area (Å²) in [4.78, 5) is 30.5. The highest BCUT2D eigenvalue weighted by atomic mass is 15.0. The molecule has 0 atom stereocenters. The fraction of sp³-hybridized carbons (Fsp3) is 0.308. The lowest BCUT2D eigenvalue weighted by atomic mass is 10.0. The van der Waals surface area contributed by atoms with E-state index in [0.717, 1.165) is 59.1 Å². The van der Waals surface area contributed by atoms with Crippen LogP contribution >= 0.6 is 0 Å². The minimum Gasteiger partial charge on any atom is -0.208 e. The van der Waals surface area contributed by atoms with Crippen LogP contribution in [0.4, 0.5) is 0 Å². The van der Waals surface area contributed by atoms with Gasteiger partial charge in [-0.05, 0) is 79.7 Å². The van der Waals surface area contributed by atoms with Crippen molar-refractivity contribution in [2.75, 3.05) is 0 Å². The van der Waals surface area contributed by atoms with Crippen molar-refractivity contribution in [1.82, 2.24) is 29.9 Å². The Morgan fingerprint density at radius 3 is 0.724 bits per heavy atom. The molecule has 2 heterocycles. The Morgan fingerprint density at radius 1 is 0.276 bits per heavy atom. The van der Waals surface area contributed by atoms with E-state index < -0.39 is 0 Å². The van der Waals surface area contributed by atoms with Gasteiger partial charge in [0.05, 0.1) is 0 Å². The molecule has 0 aliphatic carbocycles. The highest BCUT2D eigenvalue weighted by molar-refractivity contribution is 5.72. The molecule has 0 fully saturated rings. The van der Waals surface area contributed by atoms with Crippen molar-refractivity contribution in [2.45, 2.75) is 105 Å². The molecular formula is C52H56N6. The molecule has 0 bridgehead atoms. The normalized spacial score (nSPS) is 11.2. The smallest absolute Gasteiger partial charge is 0.164 e. The molecule has 58 heavy (non-hydrogen) atoms. The van der Waals surface area contributed by atoms with E-state index in [-0.39, 0.29) is 0 Å². The molecule has 0 aliphatic rings. The molecule has 0 N–H and O–H groups in total. The van der Waals surface area contributed by atoms with Gasteiger partial charge in [-0.15, -0.1) is 0 Å². The van der Waals surface area contributed by atoms with Crippen molar-refractivity contribution >= 4 is 0 Å². The molecule has 2 aromatic heterocycles. The van der Waals surface area contributed by atoms with Gasteiger partial charge in [-0.2, -0.15) is 0 Å². The number of hydrogen-bond donors (Lipinski definition) is 0. The number of aromatic nitrogens is 6. The van der Waals surface area contributed by atoms with E-state index in [4.69, 9.17) is 29.9 Å². The van der Waals surface area contributed by atoms with Crippen molar-refractivity contribution in [3.05, 3.63) is 144 Å². The fourth-order valence-electron chi connectivity index (χ4n) is 7.13. The number of rotatable bonds is 18. The third-order valence-electron chi connectivity index (χ3n) is 10.8. The summed E-state index contributed by atoms with van der Waals surface area (Å²) in [7, 11) is 0. The van der Waals surface area contributed by atoms with Gasteiger partial charge in [0.15, 0.2) is 34.9 Å². The van der Waals surface area contributed by atoms with E-state index in [9.17, 15) is 0 Å². The lowest BCUT2D eigenvalue weighted by molar-refractivity contribution is 0.795. The predicted molar refractivity (Wildman–Crippen MR) is 240 cm³/mol. The van der Waals surface area contributed by atoms with Gasteiger partial charge in [-0.25, -0.2) is 29.9 Å². The van der Waals surface area contributed by atoms with Gasteiger partial charge < -0.3 is 0 Å². The van der Waals surface area contributed by atoms with Crippen LogP contribution in [0.5, 0.6) is 0 Å². The van der Waals surface area contributed by atoms with E-state index in [1.807, 2.05) is 6.07 Å². The first-order valence-electron chi connectivity index (χ1n) is 21.5. The summed E-state index contributed by atoms with van der Waals surface area (Å²) in [5.41, 5.74) is 10.9. The highest BCUT2D eigenvalue weighted by Gasteiger charge is 2.16. The van der Waals surface area contributed by atoms with E-state index in [1.165, 1.54) is 73.6 Å². The van der Waals surface area contributed by atoms with Gasteiger partial charge in [0.1, 0.15) is 0 Å². The zero-order chi connectivity index (χ0) is 40.1. The third kappa shape index (κ3) is 10.3. The van der Waals surface area contributed by atoms with Crippen LogP contribution in [0.2, 0.25) is 0 Å². The minimum absolute atomic E-state index is 0.604. The second-order valence-electron chi connectivity index (χ2n) is 15.4. The first-order chi connectivity index (χ1) is 28.5. The molecule has 0 aliphatic heterocycles. The second-order valence-corrected chi connectivity index (χ2v) is 15.4. The van der Waals surface area contributed by atoms with Crippen LogP contribution in [0.3, 0.4) is 0 Å². The molecule has 7 rings (SSSR count). The summed E-state index contributed by atoms with van der Waals surface area (Å²) in [6.07, 6.45) is 13.6. The molecule has 0 spiro atoms. The van der Waals surface area contributed by atoms with Gasteiger partial charge in [-0.1, -0.05) is 169 Å². The predicted octanol–water partition coefficient (Wildman–Crippen LogP) is 13.4. The zero-order valence-electron chi connectivity index (χ0n) is 34.7. The van der Waals surface area contributed by atoms with Crippen LogP contribution < -0.4 is 0 Å². The topological polar surface area (TPSA) is 77.3 Å². The van der Waals surface area contributed by atoms with E-state index in [0.29, 0.717) is 34.9 Å². The lowest BCUT2D eigenvalue weighted by Crippen LogP contribution is -2.02. The molecule has 0 saturated carbocycles. The Kier molecular flexibility index (Phi) is 13.9. The standard InChI is InChI=1S/C52H56N6/c1-5-9-14-37-20-28-41(29-21-37)47-53-48(42-30-22-38(23-31-42)15-10-6-2)56-51(55-47)45-18-13-19-46(36-45)52-57-49(43-32-24-39(25-33-43)16-11-7-3)54-50(58-52)44-34-26-40(27-35-44)17-12-8-4/h13,18-36H,5-12,14-17H2,1-4H3. The first-order valence-corrected chi connectivity index (χ1v) is 21.5. The maximum absolute atomic E-state index is 5.10. The Hall–Kier alpha value is -5.88. The van der Waals surface area contributed by atoms with Crippen LogP contribution in [0.1, 0.15) is 101 Å². The van der Waals surface area contributed by atoms with Gasteiger partial charge in [-0.3, -0.25) is 0 Å². The monoisotopic (exact) mass is 764 g/mol. The van der Waals surface area contributed by atoms with Crippen LogP contribution in [0.25, 0.3) is 68.3 Å². The summed E-state index contributed by atoms with van der Waals surface area (Å²) >= 11 is 0. The SMILES string of the molecule is CCCCc1ccc(-c2nc(-c3ccc(CCCC)cc3)nc(-c3cccc(-c4nc(-c5ccc(CCCC)cc5)nc(-c5ccc(CCCC)cc5)n4)c3)n2)cc1. The number of benzene rings is 5. The molecule has 0 unspecified atom stereocenters. The average Bonchev–Trinajstić information content (AvgIpc) is 3.29. The van der Waals surface area contributed by atoms with Gasteiger partial charge in [0, 0.05) is 33.4 Å². The molecule has 5 aromatic carbocycles. The fourth-order valence-corrected chi connectivity index (χ4v) is 7.13.